The number of aryl methyl sites for hydroxylation is 1. The van der Waals surface area contributed by atoms with Gasteiger partial charge in [0.25, 0.3) is 0 Å². The normalized spacial score (nSPS) is 11.3. The van der Waals surface area contributed by atoms with Gasteiger partial charge in [0.2, 0.25) is 0 Å². The number of hydrogen-bond acceptors (Lipinski definition) is 5. The summed E-state index contributed by atoms with van der Waals surface area (Å²) >= 11 is 0. The molecule has 0 saturated carbocycles. The average Bonchev–Trinajstić information content (AvgIpc) is 2.82. The molecule has 0 fully saturated rings. The first-order valence-corrected chi connectivity index (χ1v) is 5.95. The number of oxazole rings is 1. The first-order valence-electron chi connectivity index (χ1n) is 5.95. The van der Waals surface area contributed by atoms with Gasteiger partial charge < -0.3 is 19.2 Å². The van der Waals surface area contributed by atoms with Crippen LogP contribution in [0.2, 0.25) is 0 Å². The number of nitrogens with zero attached hydrogens (tertiary/aromatic N) is 1. The average molecular weight is 250 g/mol. The van der Waals surface area contributed by atoms with Gasteiger partial charge in [-0.3, -0.25) is 0 Å². The summed E-state index contributed by atoms with van der Waals surface area (Å²) in [5, 5.41) is 3.23. The SMILES string of the molecule is CCc1nc2cc(NCC(OC)OC)ccc2o1. The number of ether oxygens (including phenoxy) is 2. The molecule has 98 valence electrons. The third kappa shape index (κ3) is 2.80. The smallest absolute Gasteiger partial charge is 0.195 e. The first-order chi connectivity index (χ1) is 8.76. The van der Waals surface area contributed by atoms with Crippen molar-refractivity contribution >= 4 is 16.8 Å². The summed E-state index contributed by atoms with van der Waals surface area (Å²) in [5.74, 6) is 0.758. The van der Waals surface area contributed by atoms with Crippen molar-refractivity contribution in [3.8, 4) is 0 Å². The van der Waals surface area contributed by atoms with Crippen molar-refractivity contribution in [3.05, 3.63) is 24.1 Å². The van der Waals surface area contributed by atoms with Crippen molar-refractivity contribution in [2.24, 2.45) is 0 Å². The van der Waals surface area contributed by atoms with Gasteiger partial charge in [-0.25, -0.2) is 4.98 Å². The molecule has 18 heavy (non-hydrogen) atoms. The topological polar surface area (TPSA) is 56.5 Å². The highest BCUT2D eigenvalue weighted by Gasteiger charge is 2.07. The molecule has 0 aliphatic carbocycles. The lowest BCUT2D eigenvalue weighted by molar-refractivity contribution is -0.0914. The van der Waals surface area contributed by atoms with Crippen LogP contribution in [0.1, 0.15) is 12.8 Å². The van der Waals surface area contributed by atoms with Gasteiger partial charge in [-0.1, -0.05) is 6.92 Å². The van der Waals surface area contributed by atoms with Crippen LogP contribution in [0.3, 0.4) is 0 Å². The molecule has 2 rings (SSSR count). The molecule has 0 amide bonds. The molecular weight excluding hydrogens is 232 g/mol. The molecule has 1 aromatic carbocycles. The molecule has 0 aliphatic rings. The zero-order chi connectivity index (χ0) is 13.0. The third-order valence-corrected chi connectivity index (χ3v) is 2.73. The van der Waals surface area contributed by atoms with Crippen molar-refractivity contribution in [1.82, 2.24) is 4.98 Å². The number of methoxy groups -OCH3 is 2. The molecule has 1 heterocycles. The number of anilines is 1. The lowest BCUT2D eigenvalue weighted by atomic mass is 10.3. The largest absolute Gasteiger partial charge is 0.441 e. The lowest BCUT2D eigenvalue weighted by Gasteiger charge is -2.14. The van der Waals surface area contributed by atoms with E-state index in [9.17, 15) is 0 Å². The predicted octanol–water partition coefficient (Wildman–Crippen LogP) is 2.42. The number of hydrogen-bond donors (Lipinski definition) is 1. The van der Waals surface area contributed by atoms with Gasteiger partial charge in [-0.15, -0.1) is 0 Å². The lowest BCUT2D eigenvalue weighted by Crippen LogP contribution is -2.23. The summed E-state index contributed by atoms with van der Waals surface area (Å²) in [7, 11) is 3.23. The molecule has 0 spiro atoms. The second-order valence-corrected chi connectivity index (χ2v) is 3.93. The molecule has 1 aromatic heterocycles. The maximum absolute atomic E-state index is 5.55. The molecule has 0 unspecified atom stereocenters. The summed E-state index contributed by atoms with van der Waals surface area (Å²) in [6.45, 7) is 2.60. The van der Waals surface area contributed by atoms with Crippen LogP contribution in [-0.2, 0) is 15.9 Å². The van der Waals surface area contributed by atoms with Crippen LogP contribution >= 0.6 is 0 Å². The number of fused-ring (bicyclic) bond motifs is 1. The summed E-state index contributed by atoms with van der Waals surface area (Å²) in [4.78, 5) is 4.39. The van der Waals surface area contributed by atoms with Crippen LogP contribution in [0.4, 0.5) is 5.69 Å². The Morgan fingerprint density at radius 2 is 2.11 bits per heavy atom. The Kier molecular flexibility index (Phi) is 4.17. The number of aromatic nitrogens is 1. The van der Waals surface area contributed by atoms with E-state index in [1.807, 2.05) is 25.1 Å². The zero-order valence-corrected chi connectivity index (χ0v) is 10.9. The van der Waals surface area contributed by atoms with Crippen LogP contribution in [0.15, 0.2) is 22.6 Å². The van der Waals surface area contributed by atoms with Gasteiger partial charge in [-0.2, -0.15) is 0 Å². The van der Waals surface area contributed by atoms with Crippen LogP contribution in [0, 0.1) is 0 Å². The Morgan fingerprint density at radius 1 is 1.33 bits per heavy atom. The van der Waals surface area contributed by atoms with Gasteiger partial charge in [0.1, 0.15) is 5.52 Å². The quantitative estimate of drug-likeness (QED) is 0.798. The molecule has 5 nitrogen and oxygen atoms in total. The van der Waals surface area contributed by atoms with Gasteiger partial charge in [-0.05, 0) is 18.2 Å². The molecule has 0 radical (unpaired) electrons. The highest BCUT2D eigenvalue weighted by molar-refractivity contribution is 5.77. The van der Waals surface area contributed by atoms with E-state index in [4.69, 9.17) is 13.9 Å². The van der Waals surface area contributed by atoms with E-state index in [1.165, 1.54) is 0 Å². The Labute approximate surface area is 106 Å². The summed E-state index contributed by atoms with van der Waals surface area (Å²) in [6, 6.07) is 5.83. The second-order valence-electron chi connectivity index (χ2n) is 3.93. The predicted molar refractivity (Wildman–Crippen MR) is 69.7 cm³/mol. The Balaban J connectivity index is 2.09. The minimum Gasteiger partial charge on any atom is -0.441 e. The molecule has 5 heteroatoms. The molecule has 0 bridgehead atoms. The number of nitrogens with one attached hydrogen (secondary N) is 1. The van der Waals surface area contributed by atoms with E-state index in [2.05, 4.69) is 10.3 Å². The summed E-state index contributed by atoms with van der Waals surface area (Å²) < 4.78 is 15.8. The van der Waals surface area contributed by atoms with Crippen molar-refractivity contribution in [2.75, 3.05) is 26.1 Å². The van der Waals surface area contributed by atoms with Gasteiger partial charge in [0.15, 0.2) is 17.8 Å². The molecule has 1 N–H and O–H groups in total. The van der Waals surface area contributed by atoms with Gasteiger partial charge in [0.05, 0.1) is 6.54 Å². The Bertz CT molecular complexity index is 506. The van der Waals surface area contributed by atoms with E-state index in [0.717, 1.165) is 29.1 Å². The van der Waals surface area contributed by atoms with E-state index >= 15 is 0 Å². The summed E-state index contributed by atoms with van der Waals surface area (Å²) in [5.41, 5.74) is 2.65. The minimum absolute atomic E-state index is 0.260. The highest BCUT2D eigenvalue weighted by atomic mass is 16.7. The number of rotatable bonds is 6. The standard InChI is InChI=1S/C13H18N2O3/c1-4-12-15-10-7-9(5-6-11(10)18-12)14-8-13(16-2)17-3/h5-7,13-14H,4,8H2,1-3H3. The van der Waals surface area contributed by atoms with E-state index in [-0.39, 0.29) is 6.29 Å². The molecule has 2 aromatic rings. The Morgan fingerprint density at radius 3 is 2.78 bits per heavy atom. The fourth-order valence-electron chi connectivity index (χ4n) is 1.70. The van der Waals surface area contributed by atoms with Crippen molar-refractivity contribution in [2.45, 2.75) is 19.6 Å². The first kappa shape index (κ1) is 12.9. The fourth-order valence-corrected chi connectivity index (χ4v) is 1.70. The second kappa shape index (κ2) is 5.84. The minimum atomic E-state index is -0.260. The van der Waals surface area contributed by atoms with Crippen molar-refractivity contribution in [1.29, 1.82) is 0 Å². The maximum Gasteiger partial charge on any atom is 0.195 e. The molecule has 0 saturated heterocycles. The van der Waals surface area contributed by atoms with E-state index in [1.54, 1.807) is 14.2 Å². The van der Waals surface area contributed by atoms with Gasteiger partial charge in [0, 0.05) is 26.3 Å². The van der Waals surface area contributed by atoms with Gasteiger partial charge >= 0.3 is 0 Å². The molecule has 0 atom stereocenters. The fraction of sp³-hybridized carbons (Fsp3) is 0.462. The molecular formula is C13H18N2O3. The van der Waals surface area contributed by atoms with Crippen LogP contribution in [0.25, 0.3) is 11.1 Å². The Hall–Kier alpha value is -1.59. The maximum atomic E-state index is 5.55. The van der Waals surface area contributed by atoms with Crippen LogP contribution in [0.5, 0.6) is 0 Å². The van der Waals surface area contributed by atoms with E-state index < -0.39 is 0 Å². The van der Waals surface area contributed by atoms with Crippen LogP contribution < -0.4 is 5.32 Å². The van der Waals surface area contributed by atoms with Crippen molar-refractivity contribution in [3.63, 3.8) is 0 Å². The van der Waals surface area contributed by atoms with Crippen LogP contribution in [-0.4, -0.2) is 32.0 Å². The summed E-state index contributed by atoms with van der Waals surface area (Å²) in [6.07, 6.45) is 0.538. The number of benzene rings is 1. The highest BCUT2D eigenvalue weighted by Crippen LogP contribution is 2.20. The monoisotopic (exact) mass is 250 g/mol. The third-order valence-electron chi connectivity index (χ3n) is 2.73. The van der Waals surface area contributed by atoms with Crippen molar-refractivity contribution < 1.29 is 13.9 Å². The van der Waals surface area contributed by atoms with E-state index in [0.29, 0.717) is 6.54 Å². The zero-order valence-electron chi connectivity index (χ0n) is 10.9. The molecule has 0 aliphatic heterocycles.